The van der Waals surface area contributed by atoms with Crippen molar-refractivity contribution in [2.24, 2.45) is 5.92 Å². The highest BCUT2D eigenvalue weighted by molar-refractivity contribution is 6.30. The summed E-state index contributed by atoms with van der Waals surface area (Å²) in [5, 5.41) is 7.06. The van der Waals surface area contributed by atoms with E-state index < -0.39 is 5.91 Å². The van der Waals surface area contributed by atoms with Gasteiger partial charge in [-0.3, -0.25) is 9.59 Å². The standard InChI is InChI=1S/C22H21ClN2O3/c23-15-10-12-16(13-11-15)24-22(27)20-19(17-8-4-5-9-18(17)28-20)25-21(26)14-6-2-1-3-7-14/h4-5,8-14H,1-3,6-7H2,(H,24,27)(H,25,26). The first-order chi connectivity index (χ1) is 13.6. The number of benzene rings is 2. The van der Waals surface area contributed by atoms with Crippen molar-refractivity contribution >= 4 is 45.8 Å². The highest BCUT2D eigenvalue weighted by Crippen LogP contribution is 2.33. The highest BCUT2D eigenvalue weighted by atomic mass is 35.5. The van der Waals surface area contributed by atoms with Gasteiger partial charge in [-0.05, 0) is 49.2 Å². The molecule has 0 aliphatic heterocycles. The van der Waals surface area contributed by atoms with Crippen LogP contribution in [0, 0.1) is 5.92 Å². The third-order valence-corrected chi connectivity index (χ3v) is 5.38. The fourth-order valence-electron chi connectivity index (χ4n) is 3.64. The molecule has 0 radical (unpaired) electrons. The van der Waals surface area contributed by atoms with Crippen molar-refractivity contribution in [2.75, 3.05) is 10.6 Å². The second kappa shape index (κ2) is 8.07. The Kier molecular flexibility index (Phi) is 5.35. The first-order valence-corrected chi connectivity index (χ1v) is 9.89. The molecule has 5 nitrogen and oxygen atoms in total. The molecule has 144 valence electrons. The summed E-state index contributed by atoms with van der Waals surface area (Å²) in [6.45, 7) is 0. The van der Waals surface area contributed by atoms with Crippen LogP contribution >= 0.6 is 11.6 Å². The SMILES string of the molecule is O=C(Nc1ccc(Cl)cc1)c1oc2ccccc2c1NC(=O)C1CCCCC1. The van der Waals surface area contributed by atoms with Crippen molar-refractivity contribution in [3.63, 3.8) is 0 Å². The summed E-state index contributed by atoms with van der Waals surface area (Å²) in [4.78, 5) is 25.6. The largest absolute Gasteiger partial charge is 0.449 e. The predicted molar refractivity (Wildman–Crippen MR) is 111 cm³/mol. The van der Waals surface area contributed by atoms with Gasteiger partial charge in [-0.1, -0.05) is 43.0 Å². The summed E-state index contributed by atoms with van der Waals surface area (Å²) in [6.07, 6.45) is 5.07. The number of fused-ring (bicyclic) bond motifs is 1. The zero-order valence-electron chi connectivity index (χ0n) is 15.3. The van der Waals surface area contributed by atoms with Crippen molar-refractivity contribution in [3.05, 3.63) is 59.3 Å². The Morgan fingerprint density at radius 2 is 1.64 bits per heavy atom. The zero-order chi connectivity index (χ0) is 19.5. The van der Waals surface area contributed by atoms with Gasteiger partial charge in [0, 0.05) is 22.0 Å². The summed E-state index contributed by atoms with van der Waals surface area (Å²) in [6, 6.07) is 14.1. The lowest BCUT2D eigenvalue weighted by molar-refractivity contribution is -0.120. The third-order valence-electron chi connectivity index (χ3n) is 5.13. The van der Waals surface area contributed by atoms with E-state index >= 15 is 0 Å². The van der Waals surface area contributed by atoms with E-state index in [1.165, 1.54) is 6.42 Å². The molecule has 2 N–H and O–H groups in total. The van der Waals surface area contributed by atoms with E-state index in [1.54, 1.807) is 30.3 Å². The van der Waals surface area contributed by atoms with Crippen LogP contribution in [0.4, 0.5) is 11.4 Å². The topological polar surface area (TPSA) is 71.3 Å². The van der Waals surface area contributed by atoms with Crippen LogP contribution in [-0.4, -0.2) is 11.8 Å². The zero-order valence-corrected chi connectivity index (χ0v) is 16.1. The number of anilines is 2. The maximum absolute atomic E-state index is 12.9. The van der Waals surface area contributed by atoms with Crippen molar-refractivity contribution in [3.8, 4) is 0 Å². The van der Waals surface area contributed by atoms with E-state index in [0.29, 0.717) is 27.4 Å². The van der Waals surface area contributed by atoms with E-state index in [2.05, 4.69) is 10.6 Å². The lowest BCUT2D eigenvalue weighted by atomic mass is 9.88. The van der Waals surface area contributed by atoms with E-state index in [9.17, 15) is 9.59 Å². The van der Waals surface area contributed by atoms with Crippen LogP contribution in [0.2, 0.25) is 5.02 Å². The summed E-state index contributed by atoms with van der Waals surface area (Å²) >= 11 is 5.90. The fourth-order valence-corrected chi connectivity index (χ4v) is 3.77. The Balaban J connectivity index is 1.63. The Morgan fingerprint density at radius 1 is 0.929 bits per heavy atom. The van der Waals surface area contributed by atoms with Gasteiger partial charge < -0.3 is 15.1 Å². The number of nitrogens with one attached hydrogen (secondary N) is 2. The molecule has 1 aliphatic carbocycles. The molecule has 0 bridgehead atoms. The van der Waals surface area contributed by atoms with Crippen molar-refractivity contribution in [1.82, 2.24) is 0 Å². The maximum Gasteiger partial charge on any atom is 0.293 e. The Hall–Kier alpha value is -2.79. The number of halogens is 1. The Bertz CT molecular complexity index is 1000. The molecule has 6 heteroatoms. The molecule has 2 amide bonds. The van der Waals surface area contributed by atoms with Crippen molar-refractivity contribution in [2.45, 2.75) is 32.1 Å². The van der Waals surface area contributed by atoms with Crippen molar-refractivity contribution in [1.29, 1.82) is 0 Å². The van der Waals surface area contributed by atoms with E-state index in [1.807, 2.05) is 18.2 Å². The van der Waals surface area contributed by atoms with E-state index in [-0.39, 0.29) is 17.6 Å². The fraction of sp³-hybridized carbons (Fsp3) is 0.273. The van der Waals surface area contributed by atoms with Crippen LogP contribution in [0.25, 0.3) is 11.0 Å². The predicted octanol–water partition coefficient (Wildman–Crippen LogP) is 5.86. The summed E-state index contributed by atoms with van der Waals surface area (Å²) in [7, 11) is 0. The monoisotopic (exact) mass is 396 g/mol. The number of hydrogen-bond acceptors (Lipinski definition) is 3. The highest BCUT2D eigenvalue weighted by Gasteiger charge is 2.26. The number of para-hydroxylation sites is 1. The van der Waals surface area contributed by atoms with Crippen LogP contribution in [0.3, 0.4) is 0 Å². The molecule has 3 aromatic rings. The molecule has 1 aliphatic rings. The van der Waals surface area contributed by atoms with Gasteiger partial charge in [-0.15, -0.1) is 0 Å². The van der Waals surface area contributed by atoms with Crippen LogP contribution in [0.15, 0.2) is 52.9 Å². The molecule has 2 aromatic carbocycles. The van der Waals surface area contributed by atoms with Gasteiger partial charge in [0.1, 0.15) is 11.3 Å². The normalized spacial score (nSPS) is 14.8. The number of hydrogen-bond donors (Lipinski definition) is 2. The Labute approximate surface area is 168 Å². The smallest absolute Gasteiger partial charge is 0.293 e. The molecule has 1 saturated carbocycles. The average molecular weight is 397 g/mol. The molecule has 0 atom stereocenters. The molecule has 4 rings (SSSR count). The number of furan rings is 1. The number of carbonyl (C=O) groups is 2. The molecule has 1 heterocycles. The molecule has 0 unspecified atom stereocenters. The molecular formula is C22H21ClN2O3. The average Bonchev–Trinajstić information content (AvgIpc) is 3.09. The van der Waals surface area contributed by atoms with Crippen LogP contribution in [0.1, 0.15) is 42.7 Å². The molecule has 0 saturated heterocycles. The summed E-state index contributed by atoms with van der Waals surface area (Å²) < 4.78 is 5.79. The molecule has 0 spiro atoms. The molecule has 28 heavy (non-hydrogen) atoms. The van der Waals surface area contributed by atoms with Crippen molar-refractivity contribution < 1.29 is 14.0 Å². The van der Waals surface area contributed by atoms with Gasteiger partial charge in [-0.25, -0.2) is 0 Å². The first-order valence-electron chi connectivity index (χ1n) is 9.51. The first kappa shape index (κ1) is 18.6. The minimum absolute atomic E-state index is 0.0189. The van der Waals surface area contributed by atoms with Crippen LogP contribution in [-0.2, 0) is 4.79 Å². The quantitative estimate of drug-likeness (QED) is 0.580. The second-order valence-corrected chi connectivity index (χ2v) is 7.52. The van der Waals surface area contributed by atoms with Crippen LogP contribution in [0.5, 0.6) is 0 Å². The molecule has 1 aromatic heterocycles. The minimum Gasteiger partial charge on any atom is -0.449 e. The van der Waals surface area contributed by atoms with Crippen LogP contribution < -0.4 is 10.6 Å². The van der Waals surface area contributed by atoms with Gasteiger partial charge in [0.05, 0.1) is 0 Å². The van der Waals surface area contributed by atoms with Gasteiger partial charge in [0.15, 0.2) is 0 Å². The second-order valence-electron chi connectivity index (χ2n) is 7.09. The summed E-state index contributed by atoms with van der Waals surface area (Å²) in [5.74, 6) is -0.390. The van der Waals surface area contributed by atoms with Gasteiger partial charge in [-0.2, -0.15) is 0 Å². The summed E-state index contributed by atoms with van der Waals surface area (Å²) in [5.41, 5.74) is 1.58. The Morgan fingerprint density at radius 3 is 2.39 bits per heavy atom. The van der Waals surface area contributed by atoms with Gasteiger partial charge in [0.25, 0.3) is 5.91 Å². The lowest BCUT2D eigenvalue weighted by Gasteiger charge is -2.20. The van der Waals surface area contributed by atoms with Gasteiger partial charge >= 0.3 is 0 Å². The van der Waals surface area contributed by atoms with Gasteiger partial charge in [0.2, 0.25) is 11.7 Å². The lowest BCUT2D eigenvalue weighted by Crippen LogP contribution is -2.25. The number of carbonyl (C=O) groups excluding carboxylic acids is 2. The van der Waals surface area contributed by atoms with E-state index in [0.717, 1.165) is 25.7 Å². The number of rotatable bonds is 4. The minimum atomic E-state index is -0.419. The van der Waals surface area contributed by atoms with E-state index in [4.69, 9.17) is 16.0 Å². The maximum atomic E-state index is 12.9. The third kappa shape index (κ3) is 3.90. The molecular weight excluding hydrogens is 376 g/mol. The number of amides is 2. The molecule has 1 fully saturated rings.